The van der Waals surface area contributed by atoms with Crippen LogP contribution in [0.25, 0.3) is 10.9 Å². The van der Waals surface area contributed by atoms with Crippen LogP contribution in [-0.4, -0.2) is 18.7 Å². The first-order chi connectivity index (χ1) is 8.85. The predicted octanol–water partition coefficient (Wildman–Crippen LogP) is 3.47. The van der Waals surface area contributed by atoms with E-state index in [1.54, 1.807) is 6.92 Å². The normalized spacial score (nSPS) is 12.5. The maximum absolute atomic E-state index is 11.9. The molecule has 0 fully saturated rings. The van der Waals surface area contributed by atoms with Crippen molar-refractivity contribution in [1.29, 1.82) is 0 Å². The third-order valence-electron chi connectivity index (χ3n) is 3.52. The van der Waals surface area contributed by atoms with Crippen LogP contribution < -0.4 is 0 Å². The summed E-state index contributed by atoms with van der Waals surface area (Å²) in [7, 11) is -3.01. The molecule has 0 unspecified atom stereocenters. The third-order valence-corrected chi connectivity index (χ3v) is 5.15. The van der Waals surface area contributed by atoms with E-state index in [0.29, 0.717) is 6.04 Å². The molecule has 0 radical (unpaired) electrons. The minimum Gasteiger partial charge on any atom is -0.345 e. The summed E-state index contributed by atoms with van der Waals surface area (Å²) in [5, 5.41) is 1.09. The summed E-state index contributed by atoms with van der Waals surface area (Å²) in [6.07, 6.45) is 2.00. The monoisotopic (exact) mass is 279 g/mol. The quantitative estimate of drug-likeness (QED) is 0.859. The molecule has 2 aromatic rings. The summed E-state index contributed by atoms with van der Waals surface area (Å²) in [5.74, 6) is 0.317. The van der Waals surface area contributed by atoms with Gasteiger partial charge < -0.3 is 4.57 Å². The van der Waals surface area contributed by atoms with Crippen molar-refractivity contribution in [2.75, 3.05) is 5.75 Å². The highest BCUT2D eigenvalue weighted by molar-refractivity contribution is 7.90. The van der Waals surface area contributed by atoms with Gasteiger partial charge in [0.05, 0.1) is 5.75 Å². The smallest absolute Gasteiger partial charge is 0.154 e. The molecule has 0 aliphatic carbocycles. The topological polar surface area (TPSA) is 39.1 Å². The van der Waals surface area contributed by atoms with Gasteiger partial charge in [0.25, 0.3) is 0 Å². The Morgan fingerprint density at radius 1 is 1.26 bits per heavy atom. The van der Waals surface area contributed by atoms with E-state index < -0.39 is 9.84 Å². The first-order valence-corrected chi connectivity index (χ1v) is 8.47. The lowest BCUT2D eigenvalue weighted by molar-refractivity contribution is 0.595. The molecule has 0 bridgehead atoms. The molecule has 0 amide bonds. The lowest BCUT2D eigenvalue weighted by atomic mass is 10.1. The summed E-state index contributed by atoms with van der Waals surface area (Å²) in [6, 6.07) is 6.44. The van der Waals surface area contributed by atoms with Gasteiger partial charge in [-0.1, -0.05) is 19.1 Å². The molecule has 1 aromatic heterocycles. The number of hydrogen-bond acceptors (Lipinski definition) is 2. The van der Waals surface area contributed by atoms with E-state index in [0.717, 1.165) is 22.0 Å². The van der Waals surface area contributed by atoms with E-state index in [1.807, 2.05) is 25.3 Å². The molecule has 104 valence electrons. The van der Waals surface area contributed by atoms with Gasteiger partial charge in [-0.25, -0.2) is 8.42 Å². The highest BCUT2D eigenvalue weighted by Crippen LogP contribution is 2.28. The fourth-order valence-electron chi connectivity index (χ4n) is 2.46. The van der Waals surface area contributed by atoms with Crippen LogP contribution in [0, 0.1) is 6.92 Å². The van der Waals surface area contributed by atoms with Crippen LogP contribution in [0.2, 0.25) is 0 Å². The van der Waals surface area contributed by atoms with Gasteiger partial charge in [0.2, 0.25) is 0 Å². The lowest BCUT2D eigenvalue weighted by Crippen LogP contribution is -2.06. The van der Waals surface area contributed by atoms with Crippen LogP contribution in [-0.2, 0) is 15.6 Å². The van der Waals surface area contributed by atoms with Crippen molar-refractivity contribution in [3.8, 4) is 0 Å². The van der Waals surface area contributed by atoms with Crippen LogP contribution in [0.1, 0.15) is 37.9 Å². The predicted molar refractivity (Wildman–Crippen MR) is 80.2 cm³/mol. The minimum absolute atomic E-state index is 0.130. The highest BCUT2D eigenvalue weighted by Gasteiger charge is 2.17. The van der Waals surface area contributed by atoms with Gasteiger partial charge in [-0.15, -0.1) is 0 Å². The summed E-state index contributed by atoms with van der Waals surface area (Å²) in [4.78, 5) is 0. The molecule has 19 heavy (non-hydrogen) atoms. The Morgan fingerprint density at radius 2 is 1.95 bits per heavy atom. The zero-order valence-corrected chi connectivity index (χ0v) is 12.8. The number of nitrogens with zero attached hydrogens (tertiary/aromatic N) is 1. The van der Waals surface area contributed by atoms with Gasteiger partial charge >= 0.3 is 0 Å². The molecule has 0 N–H and O–H groups in total. The van der Waals surface area contributed by atoms with Crippen LogP contribution in [0.15, 0.2) is 24.4 Å². The molecule has 0 saturated heterocycles. The van der Waals surface area contributed by atoms with Gasteiger partial charge in [0.15, 0.2) is 9.84 Å². The molecular weight excluding hydrogens is 258 g/mol. The van der Waals surface area contributed by atoms with Crippen molar-refractivity contribution in [3.63, 3.8) is 0 Å². The Bertz CT molecular complexity index is 696. The van der Waals surface area contributed by atoms with Crippen molar-refractivity contribution in [3.05, 3.63) is 35.5 Å². The molecule has 0 saturated carbocycles. The van der Waals surface area contributed by atoms with Crippen LogP contribution in [0.4, 0.5) is 0 Å². The van der Waals surface area contributed by atoms with Gasteiger partial charge in [-0.3, -0.25) is 0 Å². The second kappa shape index (κ2) is 5.00. The van der Waals surface area contributed by atoms with Crippen molar-refractivity contribution >= 4 is 20.7 Å². The molecule has 2 rings (SSSR count). The number of rotatable bonds is 4. The molecule has 0 aliphatic heterocycles. The maximum Gasteiger partial charge on any atom is 0.154 e. The Balaban J connectivity index is 2.68. The Labute approximate surface area is 115 Å². The fourth-order valence-corrected chi connectivity index (χ4v) is 3.36. The maximum atomic E-state index is 11.9. The average Bonchev–Trinajstić information content (AvgIpc) is 2.69. The fraction of sp³-hybridized carbons (Fsp3) is 0.467. The number of aryl methyl sites for hydroxylation is 1. The zero-order chi connectivity index (χ0) is 14.2. The van der Waals surface area contributed by atoms with Crippen LogP contribution >= 0.6 is 0 Å². The van der Waals surface area contributed by atoms with Gasteiger partial charge in [-0.05, 0) is 38.0 Å². The summed E-state index contributed by atoms with van der Waals surface area (Å²) >= 11 is 0. The first kappa shape index (κ1) is 14.1. The summed E-state index contributed by atoms with van der Waals surface area (Å²) < 4.78 is 25.9. The van der Waals surface area contributed by atoms with Crippen LogP contribution in [0.3, 0.4) is 0 Å². The van der Waals surface area contributed by atoms with Crippen LogP contribution in [0.5, 0.6) is 0 Å². The molecule has 0 aliphatic rings. The van der Waals surface area contributed by atoms with E-state index in [9.17, 15) is 8.42 Å². The van der Waals surface area contributed by atoms with E-state index in [-0.39, 0.29) is 11.5 Å². The van der Waals surface area contributed by atoms with Crippen molar-refractivity contribution in [2.24, 2.45) is 0 Å². The number of sulfone groups is 1. The van der Waals surface area contributed by atoms with E-state index in [1.165, 1.54) is 0 Å². The Morgan fingerprint density at radius 3 is 2.53 bits per heavy atom. The molecule has 4 heteroatoms. The standard InChI is InChI=1S/C15H21NO2S/c1-5-19(17,18)10-13-9-16(11(2)3)14-8-6-7-12(4)15(13)14/h6-9,11H,5,10H2,1-4H3. The van der Waals surface area contributed by atoms with Crippen molar-refractivity contribution in [2.45, 2.75) is 39.5 Å². The third kappa shape index (κ3) is 2.68. The van der Waals surface area contributed by atoms with Crippen molar-refractivity contribution < 1.29 is 8.42 Å². The summed E-state index contributed by atoms with van der Waals surface area (Å²) in [6.45, 7) is 7.96. The average molecular weight is 279 g/mol. The zero-order valence-electron chi connectivity index (χ0n) is 12.0. The molecule has 1 heterocycles. The van der Waals surface area contributed by atoms with E-state index >= 15 is 0 Å². The van der Waals surface area contributed by atoms with Crippen molar-refractivity contribution in [1.82, 2.24) is 4.57 Å². The second-order valence-corrected chi connectivity index (χ2v) is 7.65. The number of fused-ring (bicyclic) bond motifs is 1. The largest absolute Gasteiger partial charge is 0.345 e. The van der Waals surface area contributed by atoms with E-state index in [2.05, 4.69) is 24.5 Å². The lowest BCUT2D eigenvalue weighted by Gasteiger charge is -2.09. The van der Waals surface area contributed by atoms with E-state index in [4.69, 9.17) is 0 Å². The number of aromatic nitrogens is 1. The Kier molecular flexibility index (Phi) is 3.72. The SMILES string of the molecule is CCS(=O)(=O)Cc1cn(C(C)C)c2cccc(C)c12. The summed E-state index contributed by atoms with van der Waals surface area (Å²) in [5.41, 5.74) is 3.18. The highest BCUT2D eigenvalue weighted by atomic mass is 32.2. The molecule has 0 spiro atoms. The molecule has 1 aromatic carbocycles. The van der Waals surface area contributed by atoms with Gasteiger partial charge in [0, 0.05) is 28.9 Å². The minimum atomic E-state index is -3.01. The first-order valence-electron chi connectivity index (χ1n) is 6.65. The second-order valence-electron chi connectivity index (χ2n) is 5.30. The van der Waals surface area contributed by atoms with Gasteiger partial charge in [0.1, 0.15) is 0 Å². The number of hydrogen-bond donors (Lipinski definition) is 0. The number of benzene rings is 1. The molecule has 3 nitrogen and oxygen atoms in total. The molecular formula is C15H21NO2S. The Hall–Kier alpha value is -1.29. The molecule has 0 atom stereocenters. The van der Waals surface area contributed by atoms with Gasteiger partial charge in [-0.2, -0.15) is 0 Å².